The summed E-state index contributed by atoms with van der Waals surface area (Å²) in [5, 5.41) is 7.21. The van der Waals surface area contributed by atoms with Crippen molar-refractivity contribution >= 4 is 11.3 Å². The molecule has 0 amide bonds. The molecule has 19 heavy (non-hydrogen) atoms. The SMILES string of the molecule is CCCNC(Cc1nc(C)cs1)C1C(C)(C)C1(C)C. The van der Waals surface area contributed by atoms with Crippen LogP contribution in [-0.4, -0.2) is 17.6 Å². The minimum atomic E-state index is 0.435. The Morgan fingerprint density at radius 1 is 1.32 bits per heavy atom. The number of aromatic nitrogens is 1. The topological polar surface area (TPSA) is 24.9 Å². The van der Waals surface area contributed by atoms with Crippen LogP contribution in [0.1, 0.15) is 51.7 Å². The van der Waals surface area contributed by atoms with Crippen molar-refractivity contribution in [2.45, 2.75) is 60.4 Å². The fraction of sp³-hybridized carbons (Fsp3) is 0.812. The summed E-state index contributed by atoms with van der Waals surface area (Å²) in [6, 6.07) is 0.565. The van der Waals surface area contributed by atoms with E-state index in [2.05, 4.69) is 57.2 Å². The summed E-state index contributed by atoms with van der Waals surface area (Å²) in [5.74, 6) is 0.746. The van der Waals surface area contributed by atoms with E-state index in [1.807, 2.05) is 0 Å². The Morgan fingerprint density at radius 2 is 1.95 bits per heavy atom. The van der Waals surface area contributed by atoms with Gasteiger partial charge in [-0.25, -0.2) is 4.98 Å². The van der Waals surface area contributed by atoms with Gasteiger partial charge in [-0.3, -0.25) is 0 Å². The molecule has 0 aromatic carbocycles. The first-order valence-corrected chi connectivity index (χ1v) is 8.33. The Kier molecular flexibility index (Phi) is 4.08. The van der Waals surface area contributed by atoms with E-state index in [1.165, 1.54) is 11.4 Å². The number of nitrogens with zero attached hydrogens (tertiary/aromatic N) is 1. The van der Waals surface area contributed by atoms with E-state index in [4.69, 9.17) is 0 Å². The van der Waals surface area contributed by atoms with Gasteiger partial charge in [-0.05, 0) is 36.6 Å². The maximum Gasteiger partial charge on any atom is 0.0943 e. The van der Waals surface area contributed by atoms with Crippen molar-refractivity contribution in [1.82, 2.24) is 10.3 Å². The van der Waals surface area contributed by atoms with Crippen LogP contribution >= 0.6 is 11.3 Å². The summed E-state index contributed by atoms with van der Waals surface area (Å²) in [5.41, 5.74) is 2.03. The molecule has 1 aromatic heterocycles. The van der Waals surface area contributed by atoms with Crippen LogP contribution in [0.5, 0.6) is 0 Å². The molecule has 1 aliphatic rings. The van der Waals surface area contributed by atoms with Crippen LogP contribution in [0, 0.1) is 23.7 Å². The predicted molar refractivity (Wildman–Crippen MR) is 83.7 cm³/mol. The van der Waals surface area contributed by atoms with Gasteiger partial charge in [0.25, 0.3) is 0 Å². The Bertz CT molecular complexity index is 420. The maximum atomic E-state index is 4.64. The van der Waals surface area contributed by atoms with Crippen LogP contribution in [0.3, 0.4) is 0 Å². The van der Waals surface area contributed by atoms with E-state index in [1.54, 1.807) is 11.3 Å². The molecule has 0 saturated heterocycles. The van der Waals surface area contributed by atoms with Crippen molar-refractivity contribution in [1.29, 1.82) is 0 Å². The molecule has 1 N–H and O–H groups in total. The first-order chi connectivity index (χ1) is 8.80. The number of aryl methyl sites for hydroxylation is 1. The fourth-order valence-corrected chi connectivity index (χ4v) is 4.41. The van der Waals surface area contributed by atoms with E-state index in [-0.39, 0.29) is 0 Å². The Labute approximate surface area is 122 Å². The molecule has 1 saturated carbocycles. The van der Waals surface area contributed by atoms with Crippen LogP contribution in [0.2, 0.25) is 0 Å². The summed E-state index contributed by atoms with van der Waals surface area (Å²) >= 11 is 1.81. The summed E-state index contributed by atoms with van der Waals surface area (Å²) in [6.07, 6.45) is 2.27. The molecule has 1 aromatic rings. The van der Waals surface area contributed by atoms with Crippen molar-refractivity contribution in [3.63, 3.8) is 0 Å². The zero-order valence-corrected chi connectivity index (χ0v) is 14.0. The molecule has 1 atom stereocenters. The normalized spacial score (nSPS) is 22.4. The van der Waals surface area contributed by atoms with Gasteiger partial charge in [-0.1, -0.05) is 34.6 Å². The number of thiazole rings is 1. The van der Waals surface area contributed by atoms with Crippen LogP contribution in [-0.2, 0) is 6.42 Å². The molecule has 1 unspecified atom stereocenters. The average Bonchev–Trinajstić information content (AvgIpc) is 2.64. The minimum absolute atomic E-state index is 0.435. The minimum Gasteiger partial charge on any atom is -0.313 e. The molecular weight excluding hydrogens is 252 g/mol. The van der Waals surface area contributed by atoms with Crippen LogP contribution in [0.15, 0.2) is 5.38 Å². The standard InChI is InChI=1S/C16H28N2S/c1-7-8-17-12(9-13-18-11(2)10-19-13)14-15(3,4)16(14,5)6/h10,12,14,17H,7-9H2,1-6H3. The van der Waals surface area contributed by atoms with Crippen molar-refractivity contribution in [3.05, 3.63) is 16.1 Å². The maximum absolute atomic E-state index is 4.64. The van der Waals surface area contributed by atoms with Gasteiger partial charge in [-0.15, -0.1) is 11.3 Å². The molecule has 2 rings (SSSR count). The Balaban J connectivity index is 2.09. The zero-order chi connectivity index (χ0) is 14.3. The molecule has 3 heteroatoms. The third-order valence-electron chi connectivity index (χ3n) is 5.25. The molecule has 0 aliphatic heterocycles. The molecule has 1 aliphatic carbocycles. The van der Waals surface area contributed by atoms with Crippen molar-refractivity contribution in [3.8, 4) is 0 Å². The van der Waals surface area contributed by atoms with Crippen LogP contribution in [0.25, 0.3) is 0 Å². The summed E-state index contributed by atoms with van der Waals surface area (Å²) < 4.78 is 0. The quantitative estimate of drug-likeness (QED) is 0.850. The van der Waals surface area contributed by atoms with E-state index >= 15 is 0 Å². The first-order valence-electron chi connectivity index (χ1n) is 7.45. The van der Waals surface area contributed by atoms with Gasteiger partial charge in [0.2, 0.25) is 0 Å². The van der Waals surface area contributed by atoms with E-state index < -0.39 is 0 Å². The second-order valence-electron chi connectivity index (χ2n) is 7.07. The smallest absolute Gasteiger partial charge is 0.0943 e. The molecule has 0 bridgehead atoms. The molecule has 1 heterocycles. The molecular formula is C16H28N2S. The number of hydrogen-bond donors (Lipinski definition) is 1. The van der Waals surface area contributed by atoms with E-state index in [0.717, 1.165) is 24.6 Å². The second kappa shape index (κ2) is 5.17. The first kappa shape index (κ1) is 15.0. The molecule has 2 nitrogen and oxygen atoms in total. The summed E-state index contributed by atoms with van der Waals surface area (Å²) in [7, 11) is 0. The second-order valence-corrected chi connectivity index (χ2v) is 8.01. The van der Waals surface area contributed by atoms with Crippen LogP contribution < -0.4 is 5.32 Å². The highest BCUT2D eigenvalue weighted by molar-refractivity contribution is 7.09. The Morgan fingerprint density at radius 3 is 2.37 bits per heavy atom. The van der Waals surface area contributed by atoms with Gasteiger partial charge < -0.3 is 5.32 Å². The van der Waals surface area contributed by atoms with Crippen molar-refractivity contribution in [2.24, 2.45) is 16.7 Å². The lowest BCUT2D eigenvalue weighted by Crippen LogP contribution is -2.36. The van der Waals surface area contributed by atoms with Gasteiger partial charge in [0.15, 0.2) is 0 Å². The lowest BCUT2D eigenvalue weighted by molar-refractivity contribution is 0.395. The zero-order valence-electron chi connectivity index (χ0n) is 13.2. The summed E-state index contributed by atoms with van der Waals surface area (Å²) in [6.45, 7) is 15.1. The third kappa shape index (κ3) is 2.73. The molecule has 1 fully saturated rings. The number of hydrogen-bond acceptors (Lipinski definition) is 3. The lowest BCUT2D eigenvalue weighted by atomic mass is 10.0. The highest BCUT2D eigenvalue weighted by atomic mass is 32.1. The summed E-state index contributed by atoms with van der Waals surface area (Å²) in [4.78, 5) is 4.64. The molecule has 0 spiro atoms. The van der Waals surface area contributed by atoms with Gasteiger partial charge >= 0.3 is 0 Å². The van der Waals surface area contributed by atoms with Gasteiger partial charge in [0, 0.05) is 23.5 Å². The predicted octanol–water partition coefficient (Wildman–Crippen LogP) is 4.04. The van der Waals surface area contributed by atoms with Crippen molar-refractivity contribution in [2.75, 3.05) is 6.54 Å². The van der Waals surface area contributed by atoms with E-state index in [0.29, 0.717) is 16.9 Å². The average molecular weight is 280 g/mol. The fourth-order valence-electron chi connectivity index (χ4n) is 3.58. The van der Waals surface area contributed by atoms with Crippen molar-refractivity contribution < 1.29 is 0 Å². The van der Waals surface area contributed by atoms with Gasteiger partial charge in [0.1, 0.15) is 0 Å². The lowest BCUT2D eigenvalue weighted by Gasteiger charge is -2.20. The number of nitrogens with one attached hydrogen (secondary N) is 1. The highest BCUT2D eigenvalue weighted by Crippen LogP contribution is 2.69. The highest BCUT2D eigenvalue weighted by Gasteiger charge is 2.66. The monoisotopic (exact) mass is 280 g/mol. The number of rotatable bonds is 6. The molecule has 0 radical (unpaired) electrons. The van der Waals surface area contributed by atoms with Crippen LogP contribution in [0.4, 0.5) is 0 Å². The Hall–Kier alpha value is -0.410. The van der Waals surface area contributed by atoms with Gasteiger partial charge in [0.05, 0.1) is 5.01 Å². The van der Waals surface area contributed by atoms with E-state index in [9.17, 15) is 0 Å². The van der Waals surface area contributed by atoms with Gasteiger partial charge in [-0.2, -0.15) is 0 Å². The third-order valence-corrected chi connectivity index (χ3v) is 6.24. The molecule has 108 valence electrons. The largest absolute Gasteiger partial charge is 0.313 e.